The minimum absolute atomic E-state index is 0.0143. The van der Waals surface area contributed by atoms with Crippen LogP contribution in [0, 0.1) is 10.1 Å². The van der Waals surface area contributed by atoms with Gasteiger partial charge in [-0.05, 0) is 30.3 Å². The van der Waals surface area contributed by atoms with Crippen molar-refractivity contribution in [3.8, 4) is 5.69 Å². The van der Waals surface area contributed by atoms with Crippen LogP contribution in [0.5, 0.6) is 0 Å². The molecule has 4 rings (SSSR count). The van der Waals surface area contributed by atoms with Crippen molar-refractivity contribution in [2.24, 2.45) is 0 Å². The number of carbonyl (C=O) groups is 1. The van der Waals surface area contributed by atoms with Gasteiger partial charge < -0.3 is 5.32 Å². The molecule has 0 saturated heterocycles. The van der Waals surface area contributed by atoms with Crippen LogP contribution in [0.4, 0.5) is 11.5 Å². The van der Waals surface area contributed by atoms with Gasteiger partial charge in [-0.3, -0.25) is 14.9 Å². The van der Waals surface area contributed by atoms with E-state index >= 15 is 0 Å². The third-order valence-electron chi connectivity index (χ3n) is 4.48. The molecule has 2 heterocycles. The quantitative estimate of drug-likeness (QED) is 0.460. The molecule has 30 heavy (non-hydrogen) atoms. The number of hydrogen-bond donors (Lipinski definition) is 1. The van der Waals surface area contributed by atoms with E-state index < -0.39 is 26.4 Å². The zero-order chi connectivity index (χ0) is 21.6. The molecule has 0 saturated carbocycles. The predicted octanol–water partition coefficient (Wildman–Crippen LogP) is 3.77. The molecule has 1 N–H and O–H groups in total. The highest BCUT2D eigenvalue weighted by Gasteiger charge is 2.33. The number of sulfone groups is 1. The molecule has 12 heteroatoms. The molecule has 0 spiro atoms. The van der Waals surface area contributed by atoms with Crippen LogP contribution in [-0.4, -0.2) is 29.0 Å². The lowest BCUT2D eigenvalue weighted by atomic mass is 10.2. The first-order valence-electron chi connectivity index (χ1n) is 8.47. The molecule has 154 valence electrons. The van der Waals surface area contributed by atoms with Gasteiger partial charge >= 0.3 is 0 Å². The predicted molar refractivity (Wildman–Crippen MR) is 111 cm³/mol. The van der Waals surface area contributed by atoms with E-state index in [-0.39, 0.29) is 27.9 Å². The van der Waals surface area contributed by atoms with Gasteiger partial charge in [0.2, 0.25) is 0 Å². The maximum Gasteiger partial charge on any atom is 0.288 e. The summed E-state index contributed by atoms with van der Waals surface area (Å²) in [6.07, 6.45) is 0. The van der Waals surface area contributed by atoms with Crippen molar-refractivity contribution >= 4 is 50.5 Å². The van der Waals surface area contributed by atoms with Crippen LogP contribution in [0.3, 0.4) is 0 Å². The summed E-state index contributed by atoms with van der Waals surface area (Å²) in [6.45, 7) is 0. The summed E-state index contributed by atoms with van der Waals surface area (Å²) >= 11 is 11.8. The van der Waals surface area contributed by atoms with Crippen molar-refractivity contribution in [3.63, 3.8) is 0 Å². The third-order valence-corrected chi connectivity index (χ3v) is 6.47. The molecular formula is C18H12Cl2N4O5S. The smallest absolute Gasteiger partial charge is 0.288 e. The van der Waals surface area contributed by atoms with Gasteiger partial charge in [0.25, 0.3) is 11.6 Å². The minimum atomic E-state index is -3.38. The number of halogens is 2. The molecule has 1 aromatic heterocycles. The van der Waals surface area contributed by atoms with E-state index in [1.165, 1.54) is 16.8 Å². The minimum Gasteiger partial charge on any atom is -0.306 e. The zero-order valence-electron chi connectivity index (χ0n) is 15.0. The van der Waals surface area contributed by atoms with E-state index in [0.717, 1.165) is 6.07 Å². The molecule has 9 nitrogen and oxygen atoms in total. The Labute approximate surface area is 180 Å². The Morgan fingerprint density at radius 1 is 1.17 bits per heavy atom. The first-order valence-corrected chi connectivity index (χ1v) is 11.0. The average molecular weight is 467 g/mol. The van der Waals surface area contributed by atoms with E-state index in [1.54, 1.807) is 24.3 Å². The van der Waals surface area contributed by atoms with E-state index in [1.807, 2.05) is 0 Å². The zero-order valence-corrected chi connectivity index (χ0v) is 17.3. The maximum absolute atomic E-state index is 12.8. The highest BCUT2D eigenvalue weighted by Crippen LogP contribution is 2.34. The Balaban J connectivity index is 1.78. The van der Waals surface area contributed by atoms with Gasteiger partial charge in [0.05, 0.1) is 27.8 Å². The molecule has 3 aromatic rings. The highest BCUT2D eigenvalue weighted by molar-refractivity contribution is 7.90. The molecule has 0 fully saturated rings. The SMILES string of the molecule is O=C(Nc1c2c(nn1-c1cccc(Cl)c1)CS(=O)(=O)C2)c1ccc(Cl)c([N+](=O)[O-])c1. The fourth-order valence-corrected chi connectivity index (χ4v) is 5.00. The van der Waals surface area contributed by atoms with Crippen molar-refractivity contribution in [1.82, 2.24) is 9.78 Å². The van der Waals surface area contributed by atoms with Gasteiger partial charge in [-0.15, -0.1) is 0 Å². The van der Waals surface area contributed by atoms with Gasteiger partial charge in [-0.1, -0.05) is 29.3 Å². The van der Waals surface area contributed by atoms with Gasteiger partial charge in [0.1, 0.15) is 10.8 Å². The van der Waals surface area contributed by atoms with Crippen LogP contribution in [0.2, 0.25) is 10.0 Å². The number of hydrogen-bond acceptors (Lipinski definition) is 6. The van der Waals surface area contributed by atoms with Crippen molar-refractivity contribution in [2.45, 2.75) is 11.5 Å². The fraction of sp³-hybridized carbons (Fsp3) is 0.111. The average Bonchev–Trinajstić information content (AvgIpc) is 3.14. The lowest BCUT2D eigenvalue weighted by Crippen LogP contribution is -2.17. The number of benzene rings is 2. The van der Waals surface area contributed by atoms with Crippen molar-refractivity contribution < 1.29 is 18.1 Å². The van der Waals surface area contributed by atoms with Gasteiger partial charge in [0.15, 0.2) is 9.84 Å². The summed E-state index contributed by atoms with van der Waals surface area (Å²) in [5.41, 5.74) is 0.783. The first kappa shape index (κ1) is 20.3. The van der Waals surface area contributed by atoms with Crippen molar-refractivity contribution in [1.29, 1.82) is 0 Å². The van der Waals surface area contributed by atoms with Crippen LogP contribution < -0.4 is 5.32 Å². The van der Waals surface area contributed by atoms with Crippen molar-refractivity contribution in [3.05, 3.63) is 79.4 Å². The molecule has 0 radical (unpaired) electrons. The molecule has 0 atom stereocenters. The van der Waals surface area contributed by atoms with E-state index in [2.05, 4.69) is 10.4 Å². The second kappa shape index (κ2) is 7.38. The number of rotatable bonds is 4. The number of amides is 1. The lowest BCUT2D eigenvalue weighted by Gasteiger charge is -2.11. The largest absolute Gasteiger partial charge is 0.306 e. The second-order valence-electron chi connectivity index (χ2n) is 6.58. The fourth-order valence-electron chi connectivity index (χ4n) is 3.14. The monoisotopic (exact) mass is 466 g/mol. The molecule has 2 aromatic carbocycles. The number of carbonyl (C=O) groups excluding carboxylic acids is 1. The standard InChI is InChI=1S/C18H12Cl2N4O5S/c19-11-2-1-3-12(7-11)23-17(13-8-30(28,29)9-15(13)22-23)21-18(25)10-4-5-14(20)16(6-10)24(26)27/h1-7H,8-9H2,(H,21,25). The Kier molecular flexibility index (Phi) is 5.00. The van der Waals surface area contributed by atoms with Crippen LogP contribution in [0.25, 0.3) is 5.69 Å². The molecule has 0 unspecified atom stereocenters. The van der Waals surface area contributed by atoms with Gasteiger partial charge in [-0.25, -0.2) is 13.1 Å². The number of fused-ring (bicyclic) bond motifs is 1. The summed E-state index contributed by atoms with van der Waals surface area (Å²) in [4.78, 5) is 23.2. The molecule has 1 aliphatic rings. The topological polar surface area (TPSA) is 124 Å². The summed E-state index contributed by atoms with van der Waals surface area (Å²) < 4.78 is 25.5. The van der Waals surface area contributed by atoms with Crippen LogP contribution in [0.15, 0.2) is 42.5 Å². The number of aromatic nitrogens is 2. The lowest BCUT2D eigenvalue weighted by molar-refractivity contribution is -0.384. The van der Waals surface area contributed by atoms with E-state index in [0.29, 0.717) is 22.0 Å². The van der Waals surface area contributed by atoms with Gasteiger partial charge in [0, 0.05) is 22.2 Å². The Hall–Kier alpha value is -2.95. The Bertz CT molecular complexity index is 1320. The molecule has 1 aliphatic heterocycles. The normalized spacial score (nSPS) is 14.3. The number of nitro groups is 1. The van der Waals surface area contributed by atoms with Crippen LogP contribution >= 0.6 is 23.2 Å². The number of nitrogens with zero attached hydrogens (tertiary/aromatic N) is 3. The number of anilines is 1. The molecule has 1 amide bonds. The third kappa shape index (κ3) is 3.76. The van der Waals surface area contributed by atoms with Crippen LogP contribution in [-0.2, 0) is 21.3 Å². The molecular weight excluding hydrogens is 455 g/mol. The Morgan fingerprint density at radius 2 is 1.93 bits per heavy atom. The molecule has 0 aliphatic carbocycles. The second-order valence-corrected chi connectivity index (χ2v) is 9.48. The Morgan fingerprint density at radius 3 is 2.63 bits per heavy atom. The van der Waals surface area contributed by atoms with E-state index in [4.69, 9.17) is 23.2 Å². The van der Waals surface area contributed by atoms with Crippen LogP contribution in [0.1, 0.15) is 21.6 Å². The number of nitrogens with one attached hydrogen (secondary N) is 1. The summed E-state index contributed by atoms with van der Waals surface area (Å²) in [5, 5.41) is 18.4. The molecule has 0 bridgehead atoms. The van der Waals surface area contributed by atoms with Gasteiger partial charge in [-0.2, -0.15) is 5.10 Å². The van der Waals surface area contributed by atoms with Crippen molar-refractivity contribution in [2.75, 3.05) is 5.32 Å². The summed E-state index contributed by atoms with van der Waals surface area (Å²) in [6, 6.07) is 10.3. The summed E-state index contributed by atoms with van der Waals surface area (Å²) in [5.74, 6) is -1.04. The first-order chi connectivity index (χ1) is 14.1. The summed E-state index contributed by atoms with van der Waals surface area (Å²) in [7, 11) is -3.38. The highest BCUT2D eigenvalue weighted by atomic mass is 35.5. The van der Waals surface area contributed by atoms with E-state index in [9.17, 15) is 23.3 Å². The number of nitro benzene ring substituents is 1. The maximum atomic E-state index is 12.8.